The second-order valence-corrected chi connectivity index (χ2v) is 14.7. The first-order valence-electron chi connectivity index (χ1n) is 13.4. The molecule has 252 valence electrons. The van der Waals surface area contributed by atoms with Crippen molar-refractivity contribution in [2.45, 2.75) is 68.7 Å². The molecule has 0 saturated carbocycles. The summed E-state index contributed by atoms with van der Waals surface area (Å²) in [5.41, 5.74) is 11.3. The number of amides is 1. The van der Waals surface area contributed by atoms with Gasteiger partial charge in [-0.05, 0) is 13.8 Å². The smallest absolute Gasteiger partial charge is 0.387 e. The maximum atomic E-state index is 15.0. The Bertz CT molecular complexity index is 1730. The Hall–Kier alpha value is -2.56. The number of thiazole rings is 1. The van der Waals surface area contributed by atoms with Crippen molar-refractivity contribution in [1.29, 1.82) is 0 Å². The minimum absolute atomic E-state index is 0.00744. The van der Waals surface area contributed by atoms with Gasteiger partial charge >= 0.3 is 15.6 Å². The Balaban J connectivity index is 1.06. The zero-order valence-corrected chi connectivity index (χ0v) is 26.4. The number of aliphatic hydroxyl groups is 1. The van der Waals surface area contributed by atoms with Gasteiger partial charge in [0.2, 0.25) is 0 Å². The first kappa shape index (κ1) is 33.3. The Morgan fingerprint density at radius 1 is 1.11 bits per heavy atom. The summed E-state index contributed by atoms with van der Waals surface area (Å²) in [7, 11) is -10.7. The van der Waals surface area contributed by atoms with Gasteiger partial charge in [0, 0.05) is 5.38 Å². The van der Waals surface area contributed by atoms with Gasteiger partial charge < -0.3 is 45.3 Å². The lowest BCUT2D eigenvalue weighted by molar-refractivity contribution is -0.190. The van der Waals surface area contributed by atoms with Crippen LogP contribution in [0, 0.1) is 0 Å². The normalized spacial score (nSPS) is 33.2. The molecule has 6 rings (SSSR count). The van der Waals surface area contributed by atoms with Gasteiger partial charge in [0.25, 0.3) is 5.91 Å². The van der Waals surface area contributed by atoms with Crippen molar-refractivity contribution in [1.82, 2.24) is 24.5 Å². The average Bonchev–Trinajstić information content (AvgIpc) is 3.77. The van der Waals surface area contributed by atoms with Gasteiger partial charge in [-0.1, -0.05) is 0 Å². The number of alkyl halides is 1. The van der Waals surface area contributed by atoms with Crippen LogP contribution in [0.15, 0.2) is 18.0 Å². The molecule has 3 aromatic heterocycles. The highest BCUT2D eigenvalue weighted by atomic mass is 32.1. The van der Waals surface area contributed by atoms with E-state index in [4.69, 9.17) is 39.5 Å². The number of ether oxygens (including phenoxy) is 4. The molecule has 20 nitrogen and oxygen atoms in total. The van der Waals surface area contributed by atoms with Crippen molar-refractivity contribution in [3.63, 3.8) is 0 Å². The molecule has 3 fully saturated rings. The Kier molecular flexibility index (Phi) is 8.81. The molecule has 0 bridgehead atoms. The van der Waals surface area contributed by atoms with E-state index in [0.29, 0.717) is 5.01 Å². The number of nitrogen functional groups attached to an aromatic ring is 1. The largest absolute Gasteiger partial charge is 0.481 e. The molecular weight excluding hydrogens is 683 g/mol. The fourth-order valence-electron chi connectivity index (χ4n) is 5.18. The maximum absolute atomic E-state index is 15.0. The number of phosphoric ester groups is 2. The van der Waals surface area contributed by atoms with Crippen molar-refractivity contribution >= 4 is 49.9 Å². The molecule has 46 heavy (non-hydrogen) atoms. The van der Waals surface area contributed by atoms with E-state index in [9.17, 15) is 28.8 Å². The number of halogens is 1. The first-order chi connectivity index (χ1) is 21.5. The van der Waals surface area contributed by atoms with E-state index in [1.807, 2.05) is 0 Å². The van der Waals surface area contributed by atoms with Crippen LogP contribution in [0.25, 0.3) is 11.2 Å². The van der Waals surface area contributed by atoms with Crippen molar-refractivity contribution in [3.8, 4) is 0 Å². The van der Waals surface area contributed by atoms with E-state index in [1.165, 1.54) is 11.7 Å². The molecule has 7 N–H and O–H groups in total. The summed E-state index contributed by atoms with van der Waals surface area (Å²) < 4.78 is 78.6. The van der Waals surface area contributed by atoms with Gasteiger partial charge in [-0.3, -0.25) is 18.4 Å². The number of nitrogens with two attached hydrogens (primary N) is 2. The number of hydrogen-bond acceptors (Lipinski definition) is 17. The van der Waals surface area contributed by atoms with Gasteiger partial charge in [-0.25, -0.2) is 33.5 Å². The van der Waals surface area contributed by atoms with Crippen LogP contribution in [0.4, 0.5) is 10.2 Å². The molecular formula is C22H28FN7O13P2S. The second-order valence-electron chi connectivity index (χ2n) is 10.8. The number of carbonyl (C=O) groups excluding carboxylic acids is 1. The zero-order chi connectivity index (χ0) is 33.2. The van der Waals surface area contributed by atoms with Gasteiger partial charge in [0.1, 0.15) is 59.2 Å². The first-order valence-corrected chi connectivity index (χ1v) is 17.2. The third-order valence-corrected chi connectivity index (χ3v) is 10.6. The number of nitrogens with zero attached hydrogens (tertiary/aromatic N) is 5. The molecule has 24 heteroatoms. The van der Waals surface area contributed by atoms with Crippen molar-refractivity contribution in [2.75, 3.05) is 18.9 Å². The molecule has 2 unspecified atom stereocenters. The van der Waals surface area contributed by atoms with Crippen LogP contribution in [-0.4, -0.2) is 101 Å². The SMILES string of the molecule is CC1(C)O[C@@H]2[C@H](O1)[C@@H](COP(=O)(O)OP(=O)(O)OC[C@H]1O[C@@H](n3cnc4c(N)ncnc43)[C@H](F)[C@@H]1O)O[C@H]2c1nc(C(N)=O)cs1. The highest BCUT2D eigenvalue weighted by Crippen LogP contribution is 2.61. The lowest BCUT2D eigenvalue weighted by atomic mass is 10.1. The van der Waals surface area contributed by atoms with Gasteiger partial charge in [-0.2, -0.15) is 4.31 Å². The summed E-state index contributed by atoms with van der Waals surface area (Å²) in [6, 6.07) is 0. The van der Waals surface area contributed by atoms with Crippen LogP contribution in [0.2, 0.25) is 0 Å². The fourth-order valence-corrected chi connectivity index (χ4v) is 8.15. The highest BCUT2D eigenvalue weighted by Gasteiger charge is 2.57. The number of anilines is 1. The number of hydrogen-bond donors (Lipinski definition) is 5. The summed E-state index contributed by atoms with van der Waals surface area (Å²) >= 11 is 1.08. The molecule has 1 amide bonds. The fraction of sp³-hybridized carbons (Fsp3) is 0.591. The molecule has 0 radical (unpaired) electrons. The van der Waals surface area contributed by atoms with E-state index in [1.54, 1.807) is 13.8 Å². The van der Waals surface area contributed by atoms with E-state index < -0.39 is 89.6 Å². The van der Waals surface area contributed by atoms with E-state index in [0.717, 1.165) is 22.2 Å². The second kappa shape index (κ2) is 12.2. The van der Waals surface area contributed by atoms with Crippen LogP contribution >= 0.6 is 27.0 Å². The molecule has 6 heterocycles. The monoisotopic (exact) mass is 711 g/mol. The van der Waals surface area contributed by atoms with Crippen LogP contribution in [-0.2, 0) is 41.4 Å². The maximum Gasteiger partial charge on any atom is 0.481 e. The third kappa shape index (κ3) is 6.59. The average molecular weight is 712 g/mol. The van der Waals surface area contributed by atoms with Gasteiger partial charge in [-0.15, -0.1) is 11.3 Å². The number of imidazole rings is 1. The molecule has 3 aromatic rings. The van der Waals surface area contributed by atoms with Crippen LogP contribution in [0.5, 0.6) is 0 Å². The number of aromatic nitrogens is 5. The number of aliphatic hydroxyl groups excluding tert-OH is 1. The Morgan fingerprint density at radius 3 is 2.46 bits per heavy atom. The minimum Gasteiger partial charge on any atom is -0.387 e. The summed E-state index contributed by atoms with van der Waals surface area (Å²) in [6.45, 7) is 1.66. The van der Waals surface area contributed by atoms with E-state index >= 15 is 4.39 Å². The van der Waals surface area contributed by atoms with Crippen LogP contribution in [0.1, 0.15) is 41.7 Å². The van der Waals surface area contributed by atoms with E-state index in [-0.39, 0.29) is 22.7 Å². The number of fused-ring (bicyclic) bond motifs is 2. The third-order valence-electron chi connectivity index (χ3n) is 7.13. The minimum atomic E-state index is -5.37. The van der Waals surface area contributed by atoms with Crippen molar-refractivity contribution < 1.29 is 65.5 Å². The number of carbonyl (C=O) groups is 1. The topological polar surface area (TPSA) is 285 Å². The summed E-state index contributed by atoms with van der Waals surface area (Å²) in [6.07, 6.45) is -8.15. The molecule has 3 aliphatic heterocycles. The quantitative estimate of drug-likeness (QED) is 0.169. The number of primary amides is 1. The van der Waals surface area contributed by atoms with Crippen LogP contribution < -0.4 is 11.5 Å². The van der Waals surface area contributed by atoms with Gasteiger partial charge in [0.05, 0.1) is 19.5 Å². The van der Waals surface area contributed by atoms with Crippen molar-refractivity contribution in [2.24, 2.45) is 5.73 Å². The predicted octanol–water partition coefficient (Wildman–Crippen LogP) is 0.471. The molecule has 0 aliphatic carbocycles. The molecule has 0 aromatic carbocycles. The van der Waals surface area contributed by atoms with Gasteiger partial charge in [0.15, 0.2) is 29.7 Å². The summed E-state index contributed by atoms with van der Waals surface area (Å²) in [5, 5.41) is 12.1. The lowest BCUT2D eigenvalue weighted by Crippen LogP contribution is -2.32. The molecule has 10 atom stereocenters. The summed E-state index contributed by atoms with van der Waals surface area (Å²) in [4.78, 5) is 47.8. The number of phosphoric acid groups is 2. The predicted molar refractivity (Wildman–Crippen MR) is 149 cm³/mol. The molecule has 3 saturated heterocycles. The standard InChI is InChI=1S/C22H28FN7O13P2S/c1-22(2)41-14-10(39-16(15(14)42-22)20-29-8(5-46-20)18(25)32)4-38-45(35,36)43-44(33,34)37-3-9-13(31)11(23)21(40-9)30-7-28-12-17(24)26-6-27-19(12)30/h5-7,9-11,13-16,21,31H,3-4H2,1-2H3,(H2,25,32)(H,33,34)(H,35,36)(H2,24,26,27)/t9-,10-,11-,13-,14-,15-,16-,21-/m1/s1. The van der Waals surface area contributed by atoms with Crippen LogP contribution in [0.3, 0.4) is 0 Å². The molecule has 3 aliphatic rings. The van der Waals surface area contributed by atoms with E-state index in [2.05, 4.69) is 24.2 Å². The Labute approximate surface area is 261 Å². The lowest BCUT2D eigenvalue weighted by Gasteiger charge is -2.24. The summed E-state index contributed by atoms with van der Waals surface area (Å²) in [5.74, 6) is -1.80. The zero-order valence-electron chi connectivity index (χ0n) is 23.8. The molecule has 0 spiro atoms. The van der Waals surface area contributed by atoms with Crippen molar-refractivity contribution in [3.05, 3.63) is 28.7 Å². The number of rotatable bonds is 11. The highest BCUT2D eigenvalue weighted by molar-refractivity contribution is 7.61. The Morgan fingerprint density at radius 2 is 1.78 bits per heavy atom.